The van der Waals surface area contributed by atoms with Crippen molar-refractivity contribution in [2.24, 2.45) is 0 Å². The Morgan fingerprint density at radius 1 is 0.829 bits per heavy atom. The van der Waals surface area contributed by atoms with Crippen molar-refractivity contribution in [1.29, 1.82) is 0 Å². The zero-order valence-corrected chi connectivity index (χ0v) is 19.5. The first-order chi connectivity index (χ1) is 16.0. The molecule has 0 saturated carbocycles. The Kier molecular flexibility index (Phi) is 7.05. The zero-order chi connectivity index (χ0) is 26.5. The number of hydrogen-bond donors (Lipinski definition) is 0. The number of halogens is 9. The van der Waals surface area contributed by atoms with Crippen LogP contribution in [-0.2, 0) is 13.7 Å². The quantitative estimate of drug-likeness (QED) is 0.332. The average Bonchev–Trinajstić information content (AvgIpc) is 3.21. The molecular formula is C20H19F9O4S2. The van der Waals surface area contributed by atoms with Gasteiger partial charge in [0.15, 0.2) is 0 Å². The molecule has 1 aliphatic rings. The molecule has 2 aromatic carbocycles. The summed E-state index contributed by atoms with van der Waals surface area (Å²) in [6.07, 6.45) is -6.72. The van der Waals surface area contributed by atoms with Gasteiger partial charge in [-0.05, 0) is 37.3 Å². The highest BCUT2D eigenvalue weighted by atomic mass is 32.3. The Hall–Kier alpha value is -1.87. The van der Waals surface area contributed by atoms with Gasteiger partial charge in [-0.25, -0.2) is 3.63 Å². The van der Waals surface area contributed by atoms with Crippen molar-refractivity contribution >= 4 is 31.2 Å². The lowest BCUT2D eigenvalue weighted by atomic mass is 10.1. The summed E-state index contributed by atoms with van der Waals surface area (Å²) in [7, 11) is -10.4. The number of hydrogen-bond acceptors (Lipinski definition) is 4. The maximum atomic E-state index is 14.4. The van der Waals surface area contributed by atoms with E-state index in [0.29, 0.717) is 11.1 Å². The van der Waals surface area contributed by atoms with Gasteiger partial charge in [0.2, 0.25) is 0 Å². The van der Waals surface area contributed by atoms with Gasteiger partial charge in [0, 0.05) is 21.8 Å². The second-order valence-electron chi connectivity index (χ2n) is 7.65. The molecule has 0 radical (unpaired) electrons. The first-order valence-corrected chi connectivity index (χ1v) is 13.3. The van der Waals surface area contributed by atoms with Crippen LogP contribution in [-0.4, -0.2) is 49.8 Å². The van der Waals surface area contributed by atoms with Crippen LogP contribution in [0.3, 0.4) is 0 Å². The van der Waals surface area contributed by atoms with Crippen molar-refractivity contribution in [2.75, 3.05) is 18.1 Å². The summed E-state index contributed by atoms with van der Waals surface area (Å²) in [5, 5.41) is -6.21. The average molecular weight is 558 g/mol. The standard InChI is InChI=1S/C20H19F9O4S2/c1-2-32-15-9-10-16(14-8-4-3-7-13(14)15)34(11-5-6-12-34)33-35(30,31)20(28,29)18(23,24)17(21,22)19(25,26)27/h3-4,7-10H,2,5-6,11-12H2,1H3. The van der Waals surface area contributed by atoms with Crippen molar-refractivity contribution in [3.63, 3.8) is 0 Å². The van der Waals surface area contributed by atoms with Crippen molar-refractivity contribution in [3.05, 3.63) is 36.4 Å². The van der Waals surface area contributed by atoms with Crippen LogP contribution in [0.25, 0.3) is 10.8 Å². The van der Waals surface area contributed by atoms with E-state index in [9.17, 15) is 47.9 Å². The van der Waals surface area contributed by atoms with E-state index in [-0.39, 0.29) is 41.2 Å². The summed E-state index contributed by atoms with van der Waals surface area (Å²) in [6.45, 7) is 1.92. The molecule has 0 aliphatic carbocycles. The molecule has 3 rings (SSSR count). The zero-order valence-electron chi connectivity index (χ0n) is 17.9. The first-order valence-electron chi connectivity index (χ1n) is 10.0. The normalized spacial score (nSPS) is 18.6. The number of alkyl halides is 9. The predicted octanol–water partition coefficient (Wildman–Crippen LogP) is 6.88. The van der Waals surface area contributed by atoms with E-state index in [1.807, 2.05) is 0 Å². The first kappa shape index (κ1) is 27.7. The summed E-state index contributed by atoms with van der Waals surface area (Å²) in [4.78, 5) is 0.0410. The lowest BCUT2D eigenvalue weighted by Gasteiger charge is -2.38. The highest BCUT2D eigenvalue weighted by Gasteiger charge is 2.86. The molecule has 0 spiro atoms. The number of fused-ring (bicyclic) bond motifs is 1. The lowest BCUT2D eigenvalue weighted by molar-refractivity contribution is -0.382. The Morgan fingerprint density at radius 3 is 1.89 bits per heavy atom. The molecule has 35 heavy (non-hydrogen) atoms. The Bertz CT molecular complexity index is 1190. The topological polar surface area (TPSA) is 52.6 Å². The molecule has 1 aliphatic heterocycles. The van der Waals surface area contributed by atoms with Crippen LogP contribution < -0.4 is 4.74 Å². The summed E-state index contributed by atoms with van der Waals surface area (Å²) in [6, 6.07) is 8.83. The molecule has 198 valence electrons. The van der Waals surface area contributed by atoms with Gasteiger partial charge >= 0.3 is 33.4 Å². The molecule has 0 bridgehead atoms. The van der Waals surface area contributed by atoms with Crippen LogP contribution in [0.4, 0.5) is 39.5 Å². The van der Waals surface area contributed by atoms with Crippen molar-refractivity contribution in [2.45, 2.75) is 47.9 Å². The maximum absolute atomic E-state index is 14.4. The molecule has 1 fully saturated rings. The van der Waals surface area contributed by atoms with Crippen LogP contribution in [0, 0.1) is 0 Å². The lowest BCUT2D eigenvalue weighted by Crippen LogP contribution is -2.63. The molecular weight excluding hydrogens is 539 g/mol. The highest BCUT2D eigenvalue weighted by Crippen LogP contribution is 2.66. The third kappa shape index (κ3) is 4.32. The summed E-state index contributed by atoms with van der Waals surface area (Å²) < 4.78 is 155. The molecule has 0 aromatic heterocycles. The van der Waals surface area contributed by atoms with Gasteiger partial charge in [0.05, 0.1) is 6.61 Å². The minimum atomic E-state index is -7.36. The summed E-state index contributed by atoms with van der Waals surface area (Å²) in [5.74, 6) is -14.8. The van der Waals surface area contributed by atoms with Gasteiger partial charge in [-0.3, -0.25) is 0 Å². The molecule has 0 amide bonds. The monoisotopic (exact) mass is 558 g/mol. The van der Waals surface area contributed by atoms with Crippen molar-refractivity contribution in [1.82, 2.24) is 0 Å². The summed E-state index contributed by atoms with van der Waals surface area (Å²) in [5.41, 5.74) is 0. The van der Waals surface area contributed by atoms with Crippen molar-refractivity contribution < 1.29 is 56.3 Å². The Labute approximate surface area is 196 Å². The molecule has 0 atom stereocenters. The fourth-order valence-electron chi connectivity index (χ4n) is 3.68. The second kappa shape index (κ2) is 8.91. The number of rotatable bonds is 8. The fraction of sp³-hybridized carbons (Fsp3) is 0.500. The van der Waals surface area contributed by atoms with Crippen LogP contribution in [0.1, 0.15) is 19.8 Å². The smallest absolute Gasteiger partial charge is 0.460 e. The molecule has 1 heterocycles. The summed E-state index contributed by atoms with van der Waals surface area (Å²) >= 11 is 0. The maximum Gasteiger partial charge on any atom is 0.460 e. The van der Waals surface area contributed by atoms with Gasteiger partial charge in [0.1, 0.15) is 5.75 Å². The minimum Gasteiger partial charge on any atom is -0.493 e. The van der Waals surface area contributed by atoms with Crippen LogP contribution in [0.15, 0.2) is 41.3 Å². The molecule has 15 heteroatoms. The molecule has 0 unspecified atom stereocenters. The number of ether oxygens (including phenoxy) is 1. The predicted molar refractivity (Wildman–Crippen MR) is 111 cm³/mol. The third-order valence-electron chi connectivity index (χ3n) is 5.39. The van der Waals surface area contributed by atoms with Crippen LogP contribution >= 0.6 is 10.3 Å². The van der Waals surface area contributed by atoms with Gasteiger partial charge < -0.3 is 4.74 Å². The van der Waals surface area contributed by atoms with Crippen molar-refractivity contribution in [3.8, 4) is 5.75 Å². The van der Waals surface area contributed by atoms with Gasteiger partial charge in [-0.2, -0.15) is 47.9 Å². The van der Waals surface area contributed by atoms with E-state index < -0.39 is 43.7 Å². The van der Waals surface area contributed by atoms with E-state index in [4.69, 9.17) is 4.74 Å². The van der Waals surface area contributed by atoms with E-state index in [1.54, 1.807) is 19.1 Å². The molecule has 0 N–H and O–H groups in total. The van der Waals surface area contributed by atoms with E-state index >= 15 is 0 Å². The second-order valence-corrected chi connectivity index (χ2v) is 12.5. The van der Waals surface area contributed by atoms with E-state index in [2.05, 4.69) is 3.63 Å². The van der Waals surface area contributed by atoms with Gasteiger partial charge in [-0.1, -0.05) is 34.6 Å². The fourth-order valence-corrected chi connectivity index (χ4v) is 9.55. The SMILES string of the molecule is CCOc1ccc(S2(OS(=O)(=O)C(F)(F)C(F)(F)C(F)(F)C(F)(F)F)CCCC2)c2ccccc12. The van der Waals surface area contributed by atoms with Gasteiger partial charge in [-0.15, -0.1) is 0 Å². The molecule has 4 nitrogen and oxygen atoms in total. The molecule has 1 saturated heterocycles. The largest absolute Gasteiger partial charge is 0.493 e. The minimum absolute atomic E-state index is 0.0410. The number of benzene rings is 2. The van der Waals surface area contributed by atoms with Gasteiger partial charge in [0.25, 0.3) is 0 Å². The van der Waals surface area contributed by atoms with Crippen LogP contribution in [0.5, 0.6) is 5.75 Å². The Balaban J connectivity index is 2.14. The van der Waals surface area contributed by atoms with Crippen LogP contribution in [0.2, 0.25) is 0 Å². The third-order valence-corrected chi connectivity index (χ3v) is 11.1. The molecule has 2 aromatic rings. The highest BCUT2D eigenvalue weighted by molar-refractivity contribution is 8.33. The van der Waals surface area contributed by atoms with E-state index in [0.717, 1.165) is 0 Å². The Morgan fingerprint density at radius 2 is 1.37 bits per heavy atom. The van der Waals surface area contributed by atoms with E-state index in [1.165, 1.54) is 24.3 Å².